The first kappa shape index (κ1) is 21.3. The van der Waals surface area contributed by atoms with Gasteiger partial charge in [-0.3, -0.25) is 9.59 Å². The zero-order valence-corrected chi connectivity index (χ0v) is 15.7. The molecule has 2 amide bonds. The molecule has 0 saturated carbocycles. The first-order valence-electron chi connectivity index (χ1n) is 8.58. The van der Waals surface area contributed by atoms with Crippen LogP contribution in [0.25, 0.3) is 0 Å². The second-order valence-electron chi connectivity index (χ2n) is 6.30. The van der Waals surface area contributed by atoms with Crippen molar-refractivity contribution >= 4 is 29.9 Å². The molecule has 1 heterocycles. The Bertz CT molecular complexity index is 576. The largest absolute Gasteiger partial charge is 0.484 e. The minimum Gasteiger partial charge on any atom is -0.484 e. The molecule has 6 nitrogen and oxygen atoms in total. The summed E-state index contributed by atoms with van der Waals surface area (Å²) >= 11 is 0. The third-order valence-corrected chi connectivity index (χ3v) is 4.48. The Labute approximate surface area is 155 Å². The van der Waals surface area contributed by atoms with Gasteiger partial charge in [-0.25, -0.2) is 0 Å². The van der Waals surface area contributed by atoms with Gasteiger partial charge in [-0.15, -0.1) is 12.4 Å². The molecule has 0 bridgehead atoms. The van der Waals surface area contributed by atoms with Crippen molar-refractivity contribution in [2.45, 2.75) is 39.2 Å². The third-order valence-electron chi connectivity index (χ3n) is 4.48. The van der Waals surface area contributed by atoms with Crippen LogP contribution in [0.5, 0.6) is 5.75 Å². The highest BCUT2D eigenvalue weighted by Crippen LogP contribution is 2.19. The Morgan fingerprint density at radius 2 is 2.00 bits per heavy atom. The Balaban J connectivity index is 0.00000312. The SMILES string of the molecule is CCC(C)C(N)C(=O)Nc1cccc(OCC(=O)N2CCCC2)c1.Cl. The standard InChI is InChI=1S/C18H27N3O3.ClH/c1-3-13(2)17(19)18(23)20-14-7-6-8-15(11-14)24-12-16(22)21-9-4-5-10-21;/h6-8,11,13,17H,3-5,9-10,12,19H2,1-2H3,(H,20,23);1H. The number of halogens is 1. The van der Waals surface area contributed by atoms with Gasteiger partial charge in [-0.2, -0.15) is 0 Å². The number of likely N-dealkylation sites (tertiary alicyclic amines) is 1. The van der Waals surface area contributed by atoms with Crippen LogP contribution in [0.2, 0.25) is 0 Å². The second-order valence-corrected chi connectivity index (χ2v) is 6.30. The number of ether oxygens (including phenoxy) is 1. The van der Waals surface area contributed by atoms with Crippen molar-refractivity contribution in [3.63, 3.8) is 0 Å². The van der Waals surface area contributed by atoms with Crippen molar-refractivity contribution in [3.8, 4) is 5.75 Å². The molecule has 1 saturated heterocycles. The summed E-state index contributed by atoms with van der Waals surface area (Å²) in [6, 6.07) is 6.48. The van der Waals surface area contributed by atoms with E-state index in [1.165, 1.54) is 0 Å². The van der Waals surface area contributed by atoms with Gasteiger partial charge in [0, 0.05) is 24.8 Å². The summed E-state index contributed by atoms with van der Waals surface area (Å²) in [7, 11) is 0. The van der Waals surface area contributed by atoms with Gasteiger partial charge in [0.2, 0.25) is 5.91 Å². The molecule has 140 valence electrons. The van der Waals surface area contributed by atoms with Crippen LogP contribution in [0.4, 0.5) is 5.69 Å². The lowest BCUT2D eigenvalue weighted by molar-refractivity contribution is -0.132. The predicted octanol–water partition coefficient (Wildman–Crippen LogP) is 2.42. The smallest absolute Gasteiger partial charge is 0.260 e. The lowest BCUT2D eigenvalue weighted by Gasteiger charge is -2.18. The van der Waals surface area contributed by atoms with Crippen LogP contribution in [-0.2, 0) is 9.59 Å². The van der Waals surface area contributed by atoms with Crippen molar-refractivity contribution in [3.05, 3.63) is 24.3 Å². The van der Waals surface area contributed by atoms with Crippen LogP contribution in [0.3, 0.4) is 0 Å². The zero-order valence-electron chi connectivity index (χ0n) is 14.9. The Kier molecular flexibility index (Phi) is 8.72. The van der Waals surface area contributed by atoms with Gasteiger partial charge in [0.25, 0.3) is 5.91 Å². The van der Waals surface area contributed by atoms with Gasteiger partial charge in [0.1, 0.15) is 5.75 Å². The fraction of sp³-hybridized carbons (Fsp3) is 0.556. The normalized spacial score (nSPS) is 15.9. The number of nitrogens with one attached hydrogen (secondary N) is 1. The van der Waals surface area contributed by atoms with Crippen molar-refractivity contribution in [2.24, 2.45) is 11.7 Å². The van der Waals surface area contributed by atoms with E-state index in [-0.39, 0.29) is 36.7 Å². The van der Waals surface area contributed by atoms with Gasteiger partial charge in [-0.1, -0.05) is 26.3 Å². The number of hydrogen-bond donors (Lipinski definition) is 2. The molecule has 1 aromatic carbocycles. The third kappa shape index (κ3) is 6.21. The van der Waals surface area contributed by atoms with E-state index < -0.39 is 6.04 Å². The minimum absolute atomic E-state index is 0. The summed E-state index contributed by atoms with van der Waals surface area (Å²) < 4.78 is 5.56. The molecule has 2 atom stereocenters. The molecule has 0 radical (unpaired) electrons. The number of carbonyl (C=O) groups excluding carboxylic acids is 2. The van der Waals surface area contributed by atoms with Crippen LogP contribution in [-0.4, -0.2) is 42.5 Å². The zero-order chi connectivity index (χ0) is 17.5. The predicted molar refractivity (Wildman–Crippen MR) is 101 cm³/mol. The molecular weight excluding hydrogens is 342 g/mol. The highest BCUT2D eigenvalue weighted by molar-refractivity contribution is 5.95. The number of rotatable bonds is 7. The number of nitrogens with zero attached hydrogens (tertiary/aromatic N) is 1. The van der Waals surface area contributed by atoms with Crippen LogP contribution in [0.15, 0.2) is 24.3 Å². The average Bonchev–Trinajstić information content (AvgIpc) is 3.13. The van der Waals surface area contributed by atoms with Crippen molar-refractivity contribution in [1.29, 1.82) is 0 Å². The first-order chi connectivity index (χ1) is 11.5. The summed E-state index contributed by atoms with van der Waals surface area (Å²) in [5.41, 5.74) is 6.55. The number of hydrogen-bond acceptors (Lipinski definition) is 4. The molecular formula is C18H28ClN3O3. The van der Waals surface area contributed by atoms with E-state index in [0.29, 0.717) is 11.4 Å². The highest BCUT2D eigenvalue weighted by Gasteiger charge is 2.20. The van der Waals surface area contributed by atoms with Crippen molar-refractivity contribution in [1.82, 2.24) is 4.90 Å². The highest BCUT2D eigenvalue weighted by atomic mass is 35.5. The number of amides is 2. The topological polar surface area (TPSA) is 84.7 Å². The summed E-state index contributed by atoms with van der Waals surface area (Å²) in [4.78, 5) is 25.9. The molecule has 1 aliphatic heterocycles. The van der Waals surface area contributed by atoms with Gasteiger partial charge >= 0.3 is 0 Å². The second kappa shape index (κ2) is 10.3. The quantitative estimate of drug-likeness (QED) is 0.773. The van der Waals surface area contributed by atoms with Gasteiger partial charge in [0.15, 0.2) is 6.61 Å². The average molecular weight is 370 g/mol. The van der Waals surface area contributed by atoms with E-state index in [9.17, 15) is 9.59 Å². The van der Waals surface area contributed by atoms with Crippen molar-refractivity contribution < 1.29 is 14.3 Å². The minimum atomic E-state index is -0.545. The lowest BCUT2D eigenvalue weighted by atomic mass is 9.99. The Morgan fingerprint density at radius 1 is 1.32 bits per heavy atom. The molecule has 25 heavy (non-hydrogen) atoms. The maximum Gasteiger partial charge on any atom is 0.260 e. The van der Waals surface area contributed by atoms with E-state index in [1.807, 2.05) is 18.7 Å². The van der Waals surface area contributed by atoms with Crippen molar-refractivity contribution in [2.75, 3.05) is 25.0 Å². The van der Waals surface area contributed by atoms with Crippen LogP contribution < -0.4 is 15.8 Å². The van der Waals surface area contributed by atoms with Crippen LogP contribution in [0, 0.1) is 5.92 Å². The van der Waals surface area contributed by atoms with Crippen LogP contribution in [0.1, 0.15) is 33.1 Å². The summed E-state index contributed by atoms with van der Waals surface area (Å²) in [5, 5.41) is 2.80. The number of anilines is 1. The maximum atomic E-state index is 12.1. The molecule has 0 aromatic heterocycles. The van der Waals surface area contributed by atoms with E-state index in [4.69, 9.17) is 10.5 Å². The van der Waals surface area contributed by atoms with E-state index in [1.54, 1.807) is 24.3 Å². The Morgan fingerprint density at radius 3 is 2.64 bits per heavy atom. The van der Waals surface area contributed by atoms with Gasteiger partial charge in [-0.05, 0) is 30.9 Å². The maximum absolute atomic E-state index is 12.1. The van der Waals surface area contributed by atoms with E-state index >= 15 is 0 Å². The fourth-order valence-electron chi connectivity index (χ4n) is 2.60. The number of benzene rings is 1. The summed E-state index contributed by atoms with van der Waals surface area (Å²) in [6.45, 7) is 5.60. The Hall–Kier alpha value is -1.79. The monoisotopic (exact) mass is 369 g/mol. The first-order valence-corrected chi connectivity index (χ1v) is 8.58. The van der Waals surface area contributed by atoms with E-state index in [0.717, 1.165) is 32.4 Å². The molecule has 1 fully saturated rings. The van der Waals surface area contributed by atoms with E-state index in [2.05, 4.69) is 5.32 Å². The molecule has 0 aliphatic carbocycles. The fourth-order valence-corrected chi connectivity index (χ4v) is 2.60. The molecule has 1 aromatic rings. The molecule has 7 heteroatoms. The van der Waals surface area contributed by atoms with Gasteiger partial charge in [0.05, 0.1) is 6.04 Å². The molecule has 1 aliphatic rings. The summed E-state index contributed by atoms with van der Waals surface area (Å²) in [5.74, 6) is 0.454. The summed E-state index contributed by atoms with van der Waals surface area (Å²) in [6.07, 6.45) is 2.96. The van der Waals surface area contributed by atoms with Crippen LogP contribution >= 0.6 is 12.4 Å². The molecule has 2 unspecified atom stereocenters. The molecule has 3 N–H and O–H groups in total. The molecule has 0 spiro atoms. The number of nitrogens with two attached hydrogens (primary N) is 1. The molecule has 2 rings (SSSR count). The number of carbonyl (C=O) groups is 2. The van der Waals surface area contributed by atoms with Gasteiger partial charge < -0.3 is 20.7 Å². The lowest BCUT2D eigenvalue weighted by Crippen LogP contribution is -2.40.